The molecule has 1 fully saturated rings. The van der Waals surface area contributed by atoms with Crippen molar-refractivity contribution in [2.75, 3.05) is 18.9 Å². The number of carbonyl (C=O) groups excluding carboxylic acids is 1. The van der Waals surface area contributed by atoms with E-state index >= 15 is 0 Å². The lowest BCUT2D eigenvalue weighted by atomic mass is 10.0. The summed E-state index contributed by atoms with van der Waals surface area (Å²) in [7, 11) is 1.60. The minimum absolute atomic E-state index is 0.110. The molecule has 1 aliphatic carbocycles. The van der Waals surface area contributed by atoms with Crippen LogP contribution >= 0.6 is 0 Å². The smallest absolute Gasteiger partial charge is 0.305 e. The van der Waals surface area contributed by atoms with Gasteiger partial charge in [0.25, 0.3) is 5.91 Å². The maximum absolute atomic E-state index is 12.2. The molecular weight excluding hydrogens is 270 g/mol. The Hall–Kier alpha value is -2.11. The Morgan fingerprint density at radius 1 is 1.38 bits per heavy atom. The zero-order valence-corrected chi connectivity index (χ0v) is 12.2. The summed E-state index contributed by atoms with van der Waals surface area (Å²) in [5.41, 5.74) is 0.292. The molecule has 0 bridgehead atoms. The van der Waals surface area contributed by atoms with E-state index < -0.39 is 4.92 Å². The average molecular weight is 291 g/mol. The number of carbonyl (C=O) groups is 1. The molecule has 0 atom stereocenters. The van der Waals surface area contributed by atoms with Crippen molar-refractivity contribution < 1.29 is 9.72 Å². The maximum Gasteiger partial charge on any atom is 0.305 e. The van der Waals surface area contributed by atoms with Gasteiger partial charge in [-0.3, -0.25) is 14.9 Å². The molecule has 6 nitrogen and oxygen atoms in total. The molecule has 0 aromatic heterocycles. The summed E-state index contributed by atoms with van der Waals surface area (Å²) in [5, 5.41) is 16.7. The highest BCUT2D eigenvalue weighted by molar-refractivity contribution is 6.00. The summed E-state index contributed by atoms with van der Waals surface area (Å²) in [5.74, 6) is 0.306. The number of amides is 1. The van der Waals surface area contributed by atoms with Crippen LogP contribution in [0.15, 0.2) is 18.2 Å². The minimum atomic E-state index is -0.516. The first-order chi connectivity index (χ1) is 10.1. The van der Waals surface area contributed by atoms with Crippen LogP contribution in [0.5, 0.6) is 0 Å². The lowest BCUT2D eigenvalue weighted by molar-refractivity contribution is -0.384. The quantitative estimate of drug-likeness (QED) is 0.623. The van der Waals surface area contributed by atoms with Gasteiger partial charge in [-0.1, -0.05) is 31.7 Å². The number of nitrogens with one attached hydrogen (secondary N) is 2. The summed E-state index contributed by atoms with van der Waals surface area (Å²) in [6.45, 7) is 0.574. The molecule has 0 radical (unpaired) electrons. The lowest BCUT2D eigenvalue weighted by Crippen LogP contribution is -2.26. The number of nitro benzene ring substituents is 1. The standard InChI is InChI=1S/C15H21N3O3/c1-16-13-8-4-7-12(14(13)18(20)21)15(19)17-10-9-11-5-2-3-6-11/h4,7-8,11,16H,2-3,5-6,9-10H2,1H3,(H,17,19). The summed E-state index contributed by atoms with van der Waals surface area (Å²) in [6, 6.07) is 4.72. The molecule has 0 saturated heterocycles. The first-order valence-electron chi connectivity index (χ1n) is 7.37. The largest absolute Gasteiger partial charge is 0.383 e. The second-order valence-corrected chi connectivity index (χ2v) is 5.40. The third-order valence-corrected chi connectivity index (χ3v) is 4.05. The van der Waals surface area contributed by atoms with Crippen LogP contribution in [0.1, 0.15) is 42.5 Å². The average Bonchev–Trinajstić information content (AvgIpc) is 2.99. The predicted octanol–water partition coefficient (Wildman–Crippen LogP) is 2.95. The minimum Gasteiger partial charge on any atom is -0.383 e. The first kappa shape index (κ1) is 15.3. The summed E-state index contributed by atoms with van der Waals surface area (Å²) >= 11 is 0. The van der Waals surface area contributed by atoms with Crippen LogP contribution < -0.4 is 10.6 Å². The van der Waals surface area contributed by atoms with E-state index in [1.165, 1.54) is 31.7 Å². The van der Waals surface area contributed by atoms with E-state index in [4.69, 9.17) is 0 Å². The van der Waals surface area contributed by atoms with Gasteiger partial charge in [-0.05, 0) is 24.5 Å². The van der Waals surface area contributed by atoms with Gasteiger partial charge in [0.05, 0.1) is 4.92 Å². The van der Waals surface area contributed by atoms with Crippen molar-refractivity contribution >= 4 is 17.3 Å². The molecule has 2 rings (SSSR count). The normalized spacial score (nSPS) is 14.9. The fourth-order valence-corrected chi connectivity index (χ4v) is 2.91. The predicted molar refractivity (Wildman–Crippen MR) is 81.6 cm³/mol. The number of nitrogens with zero attached hydrogens (tertiary/aromatic N) is 1. The van der Waals surface area contributed by atoms with Gasteiger partial charge >= 0.3 is 5.69 Å². The van der Waals surface area contributed by atoms with Crippen LogP contribution in [0.3, 0.4) is 0 Å². The topological polar surface area (TPSA) is 84.3 Å². The number of para-hydroxylation sites is 1. The van der Waals surface area contributed by atoms with Gasteiger partial charge in [-0.25, -0.2) is 0 Å². The lowest BCUT2D eigenvalue weighted by Gasteiger charge is -2.11. The number of anilines is 1. The molecule has 1 saturated carbocycles. The molecule has 1 aromatic rings. The molecule has 0 spiro atoms. The molecule has 1 aromatic carbocycles. The van der Waals surface area contributed by atoms with Gasteiger partial charge in [-0.2, -0.15) is 0 Å². The van der Waals surface area contributed by atoms with Crippen LogP contribution in [-0.2, 0) is 0 Å². The molecule has 0 unspecified atom stereocenters. The van der Waals surface area contributed by atoms with Gasteiger partial charge in [0.1, 0.15) is 11.3 Å². The molecule has 1 amide bonds. The Morgan fingerprint density at radius 2 is 2.10 bits per heavy atom. The van der Waals surface area contributed by atoms with E-state index in [2.05, 4.69) is 10.6 Å². The highest BCUT2D eigenvalue weighted by atomic mass is 16.6. The van der Waals surface area contributed by atoms with E-state index in [0.717, 1.165) is 6.42 Å². The molecule has 21 heavy (non-hydrogen) atoms. The van der Waals surface area contributed by atoms with Gasteiger partial charge in [-0.15, -0.1) is 0 Å². The van der Waals surface area contributed by atoms with Crippen molar-refractivity contribution in [1.29, 1.82) is 0 Å². The van der Waals surface area contributed by atoms with Gasteiger partial charge in [0, 0.05) is 13.6 Å². The molecule has 0 aliphatic heterocycles. The van der Waals surface area contributed by atoms with Crippen molar-refractivity contribution in [3.63, 3.8) is 0 Å². The van der Waals surface area contributed by atoms with Crippen LogP contribution in [0.2, 0.25) is 0 Å². The second kappa shape index (κ2) is 7.06. The Morgan fingerprint density at radius 3 is 2.71 bits per heavy atom. The molecular formula is C15H21N3O3. The zero-order valence-electron chi connectivity index (χ0n) is 12.2. The maximum atomic E-state index is 12.2. The van der Waals surface area contributed by atoms with Crippen LogP contribution in [0.4, 0.5) is 11.4 Å². The highest BCUT2D eigenvalue weighted by Crippen LogP contribution is 2.29. The summed E-state index contributed by atoms with van der Waals surface area (Å²) in [6.07, 6.45) is 5.95. The van der Waals surface area contributed by atoms with Gasteiger partial charge in [0.2, 0.25) is 0 Å². The first-order valence-corrected chi connectivity index (χ1v) is 7.37. The monoisotopic (exact) mass is 291 g/mol. The number of rotatable bonds is 6. The van der Waals surface area contributed by atoms with Crippen molar-refractivity contribution in [1.82, 2.24) is 5.32 Å². The SMILES string of the molecule is CNc1cccc(C(=O)NCCC2CCCC2)c1[N+](=O)[O-]. The number of benzene rings is 1. The fraction of sp³-hybridized carbons (Fsp3) is 0.533. The zero-order chi connectivity index (χ0) is 15.2. The van der Waals surface area contributed by atoms with E-state index in [1.54, 1.807) is 19.2 Å². The Kier molecular flexibility index (Phi) is 5.14. The molecule has 1 aliphatic rings. The number of hydrogen-bond donors (Lipinski definition) is 2. The van der Waals surface area contributed by atoms with E-state index in [0.29, 0.717) is 18.2 Å². The third kappa shape index (κ3) is 3.71. The van der Waals surface area contributed by atoms with E-state index in [-0.39, 0.29) is 17.2 Å². The van der Waals surface area contributed by atoms with Crippen molar-refractivity contribution in [2.45, 2.75) is 32.1 Å². The van der Waals surface area contributed by atoms with E-state index in [9.17, 15) is 14.9 Å². The summed E-state index contributed by atoms with van der Waals surface area (Å²) in [4.78, 5) is 22.8. The fourth-order valence-electron chi connectivity index (χ4n) is 2.91. The second-order valence-electron chi connectivity index (χ2n) is 5.40. The van der Waals surface area contributed by atoms with Gasteiger partial charge in [0.15, 0.2) is 0 Å². The van der Waals surface area contributed by atoms with Crippen molar-refractivity contribution in [3.8, 4) is 0 Å². The molecule has 0 heterocycles. The summed E-state index contributed by atoms with van der Waals surface area (Å²) < 4.78 is 0. The van der Waals surface area contributed by atoms with Gasteiger partial charge < -0.3 is 10.6 Å². The number of hydrogen-bond acceptors (Lipinski definition) is 4. The Bertz CT molecular complexity index is 525. The van der Waals surface area contributed by atoms with E-state index in [1.807, 2.05) is 0 Å². The number of nitro groups is 1. The van der Waals surface area contributed by atoms with Crippen LogP contribution in [0, 0.1) is 16.0 Å². The molecule has 114 valence electrons. The van der Waals surface area contributed by atoms with Crippen molar-refractivity contribution in [3.05, 3.63) is 33.9 Å². The Balaban J connectivity index is 2.02. The highest BCUT2D eigenvalue weighted by Gasteiger charge is 2.24. The van der Waals surface area contributed by atoms with Crippen LogP contribution in [0.25, 0.3) is 0 Å². The molecule has 6 heteroatoms. The third-order valence-electron chi connectivity index (χ3n) is 4.05. The van der Waals surface area contributed by atoms with Crippen molar-refractivity contribution in [2.24, 2.45) is 5.92 Å². The molecule has 2 N–H and O–H groups in total. The Labute approximate surface area is 124 Å². The van der Waals surface area contributed by atoms with Crippen LogP contribution in [-0.4, -0.2) is 24.4 Å².